The molecule has 0 saturated carbocycles. The molecule has 0 saturated heterocycles. The van der Waals surface area contributed by atoms with Gasteiger partial charge in [-0.1, -0.05) is 12.1 Å². The Hall–Kier alpha value is -2.03. The standard InChI is InChI=1S/C13H11NO2/c15-11-4-1-5-12-10(11)7-6-9-3-2-8-14-13(9)16-12/h1-5,8,15H,6-7H2. The van der Waals surface area contributed by atoms with E-state index in [4.69, 9.17) is 4.74 Å². The van der Waals surface area contributed by atoms with Gasteiger partial charge in [-0.2, -0.15) is 0 Å². The zero-order valence-corrected chi connectivity index (χ0v) is 8.68. The molecule has 80 valence electrons. The SMILES string of the molecule is Oc1cccc2c1CCc1cccnc1O2. The van der Waals surface area contributed by atoms with Crippen molar-refractivity contribution in [2.75, 3.05) is 0 Å². The van der Waals surface area contributed by atoms with Crippen LogP contribution in [0, 0.1) is 0 Å². The molecule has 0 fully saturated rings. The molecule has 0 atom stereocenters. The van der Waals surface area contributed by atoms with Crippen LogP contribution in [0.5, 0.6) is 17.4 Å². The number of benzene rings is 1. The highest BCUT2D eigenvalue weighted by atomic mass is 16.5. The van der Waals surface area contributed by atoms with Crippen LogP contribution < -0.4 is 4.74 Å². The lowest BCUT2D eigenvalue weighted by molar-refractivity contribution is 0.440. The van der Waals surface area contributed by atoms with Gasteiger partial charge >= 0.3 is 0 Å². The monoisotopic (exact) mass is 213 g/mol. The van der Waals surface area contributed by atoms with Crippen LogP contribution in [0.1, 0.15) is 11.1 Å². The van der Waals surface area contributed by atoms with Crippen molar-refractivity contribution in [1.82, 2.24) is 4.98 Å². The first-order valence-corrected chi connectivity index (χ1v) is 5.27. The minimum absolute atomic E-state index is 0.297. The van der Waals surface area contributed by atoms with Crippen LogP contribution in [0.25, 0.3) is 0 Å². The van der Waals surface area contributed by atoms with Crippen LogP contribution in [0.4, 0.5) is 0 Å². The van der Waals surface area contributed by atoms with Crippen LogP contribution in [-0.2, 0) is 12.8 Å². The molecule has 0 aliphatic carbocycles. The number of aromatic hydroxyl groups is 1. The topological polar surface area (TPSA) is 42.4 Å². The minimum Gasteiger partial charge on any atom is -0.508 e. The number of fused-ring (bicyclic) bond motifs is 2. The Morgan fingerprint density at radius 3 is 3.00 bits per heavy atom. The third kappa shape index (κ3) is 1.41. The number of phenols is 1. The van der Waals surface area contributed by atoms with E-state index in [1.54, 1.807) is 18.3 Å². The van der Waals surface area contributed by atoms with Gasteiger partial charge in [-0.3, -0.25) is 0 Å². The maximum atomic E-state index is 9.76. The van der Waals surface area contributed by atoms with E-state index in [9.17, 15) is 5.11 Å². The molecule has 3 heteroatoms. The molecule has 3 rings (SSSR count). The molecule has 2 aromatic rings. The van der Waals surface area contributed by atoms with Crippen LogP contribution in [-0.4, -0.2) is 10.1 Å². The van der Waals surface area contributed by atoms with Crippen LogP contribution in [0.15, 0.2) is 36.5 Å². The summed E-state index contributed by atoms with van der Waals surface area (Å²) in [6.07, 6.45) is 3.33. The minimum atomic E-state index is 0.297. The molecular weight excluding hydrogens is 202 g/mol. The van der Waals surface area contributed by atoms with Gasteiger partial charge in [0.1, 0.15) is 11.5 Å². The van der Waals surface area contributed by atoms with Crippen LogP contribution in [0.2, 0.25) is 0 Å². The van der Waals surface area contributed by atoms with E-state index >= 15 is 0 Å². The molecule has 16 heavy (non-hydrogen) atoms. The number of pyridine rings is 1. The lowest BCUT2D eigenvalue weighted by Gasteiger charge is -2.07. The number of hydrogen-bond donors (Lipinski definition) is 1. The molecule has 0 bridgehead atoms. The number of nitrogens with zero attached hydrogens (tertiary/aromatic N) is 1. The van der Waals surface area contributed by atoms with Crippen molar-refractivity contribution in [3.63, 3.8) is 0 Å². The summed E-state index contributed by atoms with van der Waals surface area (Å²) in [6, 6.07) is 9.23. The van der Waals surface area contributed by atoms with Crippen molar-refractivity contribution in [2.45, 2.75) is 12.8 Å². The maximum absolute atomic E-state index is 9.76. The first-order valence-electron chi connectivity index (χ1n) is 5.27. The first-order chi connectivity index (χ1) is 7.84. The van der Waals surface area contributed by atoms with E-state index in [2.05, 4.69) is 4.98 Å². The molecule has 0 unspecified atom stereocenters. The third-order valence-electron chi connectivity index (χ3n) is 2.81. The number of aryl methyl sites for hydroxylation is 1. The summed E-state index contributed by atoms with van der Waals surface area (Å²) in [7, 11) is 0. The quantitative estimate of drug-likeness (QED) is 0.731. The van der Waals surface area contributed by atoms with Gasteiger partial charge in [-0.25, -0.2) is 4.98 Å². The number of phenolic OH excluding ortho intramolecular Hbond substituents is 1. The summed E-state index contributed by atoms with van der Waals surface area (Å²) in [6.45, 7) is 0. The molecule has 1 aliphatic rings. The molecule has 1 aliphatic heterocycles. The summed E-state index contributed by atoms with van der Waals surface area (Å²) in [5.74, 6) is 1.65. The smallest absolute Gasteiger partial charge is 0.222 e. The predicted molar refractivity (Wildman–Crippen MR) is 59.8 cm³/mol. The molecule has 3 nitrogen and oxygen atoms in total. The van der Waals surface area contributed by atoms with Crippen molar-refractivity contribution in [1.29, 1.82) is 0 Å². The molecule has 1 aromatic heterocycles. The zero-order chi connectivity index (χ0) is 11.0. The van der Waals surface area contributed by atoms with E-state index in [-0.39, 0.29) is 0 Å². The highest BCUT2D eigenvalue weighted by Crippen LogP contribution is 2.36. The zero-order valence-electron chi connectivity index (χ0n) is 8.68. The number of ether oxygens (including phenoxy) is 1. The normalized spacial score (nSPS) is 13.2. The second-order valence-corrected chi connectivity index (χ2v) is 3.82. The van der Waals surface area contributed by atoms with E-state index in [0.29, 0.717) is 17.4 Å². The fraction of sp³-hybridized carbons (Fsp3) is 0.154. The van der Waals surface area contributed by atoms with Gasteiger partial charge in [0.25, 0.3) is 0 Å². The average molecular weight is 213 g/mol. The van der Waals surface area contributed by atoms with Crippen molar-refractivity contribution in [3.8, 4) is 17.4 Å². The second kappa shape index (κ2) is 3.52. The van der Waals surface area contributed by atoms with E-state index in [1.165, 1.54) is 0 Å². The second-order valence-electron chi connectivity index (χ2n) is 3.82. The maximum Gasteiger partial charge on any atom is 0.222 e. The Kier molecular flexibility index (Phi) is 2.03. The van der Waals surface area contributed by atoms with Gasteiger partial charge in [-0.15, -0.1) is 0 Å². The van der Waals surface area contributed by atoms with E-state index < -0.39 is 0 Å². The molecule has 0 spiro atoms. The summed E-state index contributed by atoms with van der Waals surface area (Å²) >= 11 is 0. The molecule has 1 aromatic carbocycles. The van der Waals surface area contributed by atoms with Gasteiger partial charge in [-0.05, 0) is 31.0 Å². The molecule has 0 amide bonds. The van der Waals surface area contributed by atoms with Gasteiger partial charge in [0.2, 0.25) is 5.88 Å². The van der Waals surface area contributed by atoms with Crippen molar-refractivity contribution >= 4 is 0 Å². The summed E-state index contributed by atoms with van der Waals surface area (Å²) < 4.78 is 5.71. The number of hydrogen-bond acceptors (Lipinski definition) is 3. The molecular formula is C13H11NO2. The van der Waals surface area contributed by atoms with Gasteiger partial charge in [0.05, 0.1) is 0 Å². The highest BCUT2D eigenvalue weighted by molar-refractivity contribution is 5.48. The fourth-order valence-corrected chi connectivity index (χ4v) is 1.97. The largest absolute Gasteiger partial charge is 0.508 e. The Morgan fingerprint density at radius 1 is 1.12 bits per heavy atom. The highest BCUT2D eigenvalue weighted by Gasteiger charge is 2.17. The number of rotatable bonds is 0. The van der Waals surface area contributed by atoms with Crippen LogP contribution in [0.3, 0.4) is 0 Å². The Balaban J connectivity index is 2.12. The Labute approximate surface area is 93.3 Å². The average Bonchev–Trinajstić information content (AvgIpc) is 2.48. The first kappa shape index (κ1) is 9.21. The summed E-state index contributed by atoms with van der Waals surface area (Å²) in [5, 5.41) is 9.76. The molecule has 0 radical (unpaired) electrons. The van der Waals surface area contributed by atoms with Gasteiger partial charge in [0.15, 0.2) is 0 Å². The lowest BCUT2D eigenvalue weighted by atomic mass is 10.1. The van der Waals surface area contributed by atoms with Crippen molar-refractivity contribution in [2.24, 2.45) is 0 Å². The number of aromatic nitrogens is 1. The molecule has 1 N–H and O–H groups in total. The molecule has 2 heterocycles. The third-order valence-corrected chi connectivity index (χ3v) is 2.81. The Morgan fingerprint density at radius 2 is 2.06 bits per heavy atom. The fourth-order valence-electron chi connectivity index (χ4n) is 1.97. The van der Waals surface area contributed by atoms with Crippen molar-refractivity contribution < 1.29 is 9.84 Å². The summed E-state index contributed by atoms with van der Waals surface area (Å²) in [4.78, 5) is 4.20. The van der Waals surface area contributed by atoms with E-state index in [1.807, 2.05) is 18.2 Å². The van der Waals surface area contributed by atoms with Gasteiger partial charge < -0.3 is 9.84 Å². The van der Waals surface area contributed by atoms with E-state index in [0.717, 1.165) is 24.0 Å². The van der Waals surface area contributed by atoms with Crippen molar-refractivity contribution in [3.05, 3.63) is 47.7 Å². The van der Waals surface area contributed by atoms with Crippen LogP contribution >= 0.6 is 0 Å². The predicted octanol–water partition coefficient (Wildman–Crippen LogP) is 2.68. The lowest BCUT2D eigenvalue weighted by Crippen LogP contribution is -1.90. The summed E-state index contributed by atoms with van der Waals surface area (Å²) in [5.41, 5.74) is 1.94. The Bertz CT molecular complexity index is 537. The van der Waals surface area contributed by atoms with Gasteiger partial charge in [0, 0.05) is 17.3 Å².